The monoisotopic (exact) mass is 1190 g/mol. The lowest BCUT2D eigenvalue weighted by Gasteiger charge is -2.41. The zero-order chi connectivity index (χ0) is 61.8. The molecule has 3 heterocycles. The third kappa shape index (κ3) is 8.07. The van der Waals surface area contributed by atoms with Gasteiger partial charge in [0.25, 0.3) is 0 Å². The van der Waals surface area contributed by atoms with E-state index in [9.17, 15) is 0 Å². The molecule has 0 atom stereocenters. The molecular formula is C88H78N2O2. The standard InChI is InChI=1S/C88H78N2O2/c1-85(2,3)59-39-43-64-65-44-40-60(86(4,5)6)52-72(65)88(71(64)51-59)70-31-17-22-36-81(70)91-84-48-42-62(54-76(84)88)89(79-34-20-21-35-80(79)90-77-32-18-14-28-67(77)68-29-15-19-33-78(68)90)61-41-45-66-63-27-13-16-30-69(63)87(73(66)53-61)74-49-57(55-23-9-7-10-24-55)37-46-82(74)92-83-47-38-58(50-75(83)87)56-25-11-8-12-26-56/h13-22,27-56H,7-12,23-26H2,1-6H3. The van der Waals surface area contributed by atoms with E-state index in [-0.39, 0.29) is 10.8 Å². The van der Waals surface area contributed by atoms with Crippen molar-refractivity contribution in [1.82, 2.24) is 4.57 Å². The number of para-hydroxylation sites is 5. The highest BCUT2D eigenvalue weighted by molar-refractivity contribution is 6.10. The zero-order valence-corrected chi connectivity index (χ0v) is 53.9. The van der Waals surface area contributed by atoms with Gasteiger partial charge in [-0.3, -0.25) is 0 Å². The second-order valence-corrected chi connectivity index (χ2v) is 29.6. The topological polar surface area (TPSA) is 26.6 Å². The van der Waals surface area contributed by atoms with Crippen LogP contribution < -0.4 is 14.4 Å². The minimum atomic E-state index is -0.739. The molecule has 6 aliphatic rings. The second kappa shape index (κ2) is 20.6. The molecule has 2 spiro atoms. The van der Waals surface area contributed by atoms with E-state index in [2.05, 4.69) is 282 Å². The largest absolute Gasteiger partial charge is 0.457 e. The molecule has 2 saturated carbocycles. The van der Waals surface area contributed by atoms with E-state index in [0.29, 0.717) is 11.8 Å². The van der Waals surface area contributed by atoms with Gasteiger partial charge >= 0.3 is 0 Å². The highest BCUT2D eigenvalue weighted by Gasteiger charge is 2.54. The number of nitrogens with zero attached hydrogens (tertiary/aromatic N) is 2. The van der Waals surface area contributed by atoms with Gasteiger partial charge in [-0.25, -0.2) is 0 Å². The van der Waals surface area contributed by atoms with Gasteiger partial charge in [-0.2, -0.15) is 0 Å². The normalized spacial score (nSPS) is 16.6. The van der Waals surface area contributed by atoms with Gasteiger partial charge in [0.1, 0.15) is 23.0 Å². The van der Waals surface area contributed by atoms with Crippen molar-refractivity contribution in [2.45, 2.75) is 139 Å². The summed E-state index contributed by atoms with van der Waals surface area (Å²) in [6.07, 6.45) is 12.6. The summed E-state index contributed by atoms with van der Waals surface area (Å²) in [6, 6.07) is 89.2. The molecule has 2 fully saturated rings. The van der Waals surface area contributed by atoms with Crippen LogP contribution in [0.4, 0.5) is 17.1 Å². The molecular weight excluding hydrogens is 1120 g/mol. The number of fused-ring (bicyclic) bond motifs is 21. The van der Waals surface area contributed by atoms with E-state index in [0.717, 1.165) is 56.9 Å². The van der Waals surface area contributed by atoms with Crippen LogP contribution >= 0.6 is 0 Å². The van der Waals surface area contributed by atoms with Crippen molar-refractivity contribution in [3.05, 3.63) is 297 Å². The number of benzene rings is 11. The minimum absolute atomic E-state index is 0.102. The smallest absolute Gasteiger partial charge is 0.132 e. The predicted octanol–water partition coefficient (Wildman–Crippen LogP) is 23.9. The van der Waals surface area contributed by atoms with Crippen LogP contribution in [0.5, 0.6) is 23.0 Å². The molecule has 0 bridgehead atoms. The Bertz CT molecular complexity index is 4820. The molecule has 0 amide bonds. The summed E-state index contributed by atoms with van der Waals surface area (Å²) in [5.41, 5.74) is 25.6. The summed E-state index contributed by atoms with van der Waals surface area (Å²) in [5, 5.41) is 2.46. The predicted molar refractivity (Wildman–Crippen MR) is 379 cm³/mol. The molecule has 12 aromatic rings. The quantitative estimate of drug-likeness (QED) is 0.166. The Morgan fingerprint density at radius 3 is 1.34 bits per heavy atom. The molecule has 92 heavy (non-hydrogen) atoms. The summed E-state index contributed by atoms with van der Waals surface area (Å²) >= 11 is 0. The van der Waals surface area contributed by atoms with Crippen LogP contribution in [0.3, 0.4) is 0 Å². The molecule has 2 aliphatic heterocycles. The van der Waals surface area contributed by atoms with E-state index in [1.807, 2.05) is 0 Å². The summed E-state index contributed by atoms with van der Waals surface area (Å²) < 4.78 is 17.2. The van der Waals surface area contributed by atoms with Gasteiger partial charge in [-0.15, -0.1) is 0 Å². The number of ether oxygens (including phenoxy) is 2. The van der Waals surface area contributed by atoms with Crippen LogP contribution in [0.25, 0.3) is 49.7 Å². The Morgan fingerprint density at radius 1 is 0.348 bits per heavy atom. The first-order valence-electron chi connectivity index (χ1n) is 34.2. The highest BCUT2D eigenvalue weighted by atomic mass is 16.5. The SMILES string of the molecule is CC(C)(C)c1ccc2c(c1)C1(c3ccccc3Oc3ccc(N(c4ccc5c(c4)C4(c6cc(C7CCCCC7)ccc6Oc6ccc(C7CCCCC7)cc64)c4ccccc4-5)c4ccccc4-n4c5ccccc5c5ccccc54)cc31)c1cc(C(C)(C)C)ccc1-2. The van der Waals surface area contributed by atoms with Gasteiger partial charge in [0, 0.05) is 44.4 Å². The van der Waals surface area contributed by atoms with Crippen molar-refractivity contribution in [3.8, 4) is 50.9 Å². The number of anilines is 3. The van der Waals surface area contributed by atoms with Crippen LogP contribution in [0.2, 0.25) is 0 Å². The fourth-order valence-corrected chi connectivity index (χ4v) is 17.9. The van der Waals surface area contributed by atoms with E-state index >= 15 is 0 Å². The average Bonchev–Trinajstić information content (AvgIpc) is 1.47. The Balaban J connectivity index is 0.943. The molecule has 0 N–H and O–H groups in total. The number of hydrogen-bond acceptors (Lipinski definition) is 3. The van der Waals surface area contributed by atoms with E-state index in [4.69, 9.17) is 9.47 Å². The van der Waals surface area contributed by atoms with Crippen LogP contribution in [0, 0.1) is 0 Å². The van der Waals surface area contributed by atoms with Gasteiger partial charge in [-0.1, -0.05) is 238 Å². The summed E-state index contributed by atoms with van der Waals surface area (Å²) in [5.74, 6) is 4.68. The summed E-state index contributed by atoms with van der Waals surface area (Å²) in [7, 11) is 0. The first kappa shape index (κ1) is 55.5. The Kier molecular flexibility index (Phi) is 12.4. The highest BCUT2D eigenvalue weighted by Crippen LogP contribution is 2.66. The van der Waals surface area contributed by atoms with Crippen LogP contribution in [-0.2, 0) is 21.7 Å². The number of aromatic nitrogens is 1. The molecule has 4 heteroatoms. The van der Waals surface area contributed by atoms with Crippen molar-refractivity contribution in [2.75, 3.05) is 4.90 Å². The molecule has 4 aliphatic carbocycles. The maximum Gasteiger partial charge on any atom is 0.132 e. The number of hydrogen-bond donors (Lipinski definition) is 0. The second-order valence-electron chi connectivity index (χ2n) is 29.6. The lowest BCUT2D eigenvalue weighted by atomic mass is 9.64. The van der Waals surface area contributed by atoms with E-state index in [1.54, 1.807) is 0 Å². The van der Waals surface area contributed by atoms with Gasteiger partial charge < -0.3 is 18.9 Å². The molecule has 0 saturated heterocycles. The fourth-order valence-electron chi connectivity index (χ4n) is 17.9. The lowest BCUT2D eigenvalue weighted by molar-refractivity contribution is 0.424. The van der Waals surface area contributed by atoms with Gasteiger partial charge in [0.05, 0.1) is 33.2 Å². The molecule has 0 radical (unpaired) electrons. The maximum atomic E-state index is 7.32. The van der Waals surface area contributed by atoms with Crippen molar-refractivity contribution >= 4 is 38.9 Å². The van der Waals surface area contributed by atoms with Gasteiger partial charge in [0.15, 0.2) is 0 Å². The van der Waals surface area contributed by atoms with Crippen molar-refractivity contribution in [1.29, 1.82) is 0 Å². The molecule has 18 rings (SSSR count). The van der Waals surface area contributed by atoms with Crippen molar-refractivity contribution in [2.24, 2.45) is 0 Å². The first-order valence-corrected chi connectivity index (χ1v) is 34.2. The Morgan fingerprint density at radius 2 is 0.761 bits per heavy atom. The third-order valence-corrected chi connectivity index (χ3v) is 22.4. The summed E-state index contributed by atoms with van der Waals surface area (Å²) in [6.45, 7) is 14.1. The molecule has 1 aromatic heterocycles. The number of rotatable bonds is 6. The third-order valence-electron chi connectivity index (χ3n) is 22.4. The molecule has 452 valence electrons. The van der Waals surface area contributed by atoms with Crippen LogP contribution in [-0.4, -0.2) is 4.57 Å². The van der Waals surface area contributed by atoms with Crippen molar-refractivity contribution < 1.29 is 9.47 Å². The van der Waals surface area contributed by atoms with Crippen molar-refractivity contribution in [3.63, 3.8) is 0 Å². The Labute approximate surface area is 542 Å². The van der Waals surface area contributed by atoms with Crippen LogP contribution in [0.15, 0.2) is 231 Å². The van der Waals surface area contributed by atoms with E-state index in [1.165, 1.54) is 164 Å². The van der Waals surface area contributed by atoms with E-state index < -0.39 is 10.8 Å². The average molecular weight is 1200 g/mol. The fraction of sp³-hybridized carbons (Fsp3) is 0.250. The summed E-state index contributed by atoms with van der Waals surface area (Å²) in [4.78, 5) is 2.59. The van der Waals surface area contributed by atoms with Crippen LogP contribution in [0.1, 0.15) is 184 Å². The van der Waals surface area contributed by atoms with Gasteiger partial charge in [0.2, 0.25) is 0 Å². The Hall–Kier alpha value is -9.38. The van der Waals surface area contributed by atoms with Gasteiger partial charge in [-0.05, 0) is 188 Å². The molecule has 0 unspecified atom stereocenters. The maximum absolute atomic E-state index is 7.32. The first-order chi connectivity index (χ1) is 44.9. The zero-order valence-electron chi connectivity index (χ0n) is 53.9. The molecule has 11 aromatic carbocycles. The minimum Gasteiger partial charge on any atom is -0.457 e. The molecule has 4 nitrogen and oxygen atoms in total. The lowest BCUT2D eigenvalue weighted by Crippen LogP contribution is -2.33.